The molecule has 0 saturated carbocycles. The highest BCUT2D eigenvalue weighted by molar-refractivity contribution is 6.75. The van der Waals surface area contributed by atoms with Gasteiger partial charge in [0.05, 0.1) is 6.61 Å². The zero-order valence-electron chi connectivity index (χ0n) is 28.5. The van der Waals surface area contributed by atoms with Crippen molar-refractivity contribution in [2.75, 3.05) is 6.61 Å². The van der Waals surface area contributed by atoms with Crippen molar-refractivity contribution in [1.29, 1.82) is 0 Å². The molecule has 0 bridgehead atoms. The van der Waals surface area contributed by atoms with E-state index in [0.717, 1.165) is 0 Å². The standard InChI is InChI=1S/C30H53ClN4O4Si3/c1-27(2,3)40(10,11)36-18-20-23(38-41(12,13)28(4,5)6)24(39-42(14,15)29(7,8)9)30(37-20)17-16-21-34-22-25(31)32-19-33-26(22)35(21)30/h16-17,19-20,23-24H,18H2,1-15H3/t20-,23-,24-,30+/m1/s1. The SMILES string of the molecule is CC(C)(C)[Si](C)(C)OC[C@H]1O[C@@]2(C=Cc3nc4c(Cl)ncnc4n32)[C@H](O[Si](C)(C)C(C)(C)C)[C@@H]1O[Si](C)(C)C(C)(C)C. The summed E-state index contributed by atoms with van der Waals surface area (Å²) in [6, 6.07) is 0. The van der Waals surface area contributed by atoms with Gasteiger partial charge in [0.1, 0.15) is 36.0 Å². The molecule has 12 heteroatoms. The lowest BCUT2D eigenvalue weighted by Crippen LogP contribution is -2.57. The van der Waals surface area contributed by atoms with Crippen molar-refractivity contribution in [3.63, 3.8) is 0 Å². The second-order valence-corrected chi connectivity index (χ2v) is 31.3. The van der Waals surface area contributed by atoms with Gasteiger partial charge in [0, 0.05) is 0 Å². The molecule has 4 heterocycles. The Kier molecular flexibility index (Phi) is 8.55. The van der Waals surface area contributed by atoms with E-state index in [4.69, 9.17) is 34.6 Å². The lowest BCUT2D eigenvalue weighted by molar-refractivity contribution is -0.103. The van der Waals surface area contributed by atoms with Crippen molar-refractivity contribution >= 4 is 53.8 Å². The summed E-state index contributed by atoms with van der Waals surface area (Å²) in [5.74, 6) is 0.716. The smallest absolute Gasteiger partial charge is 0.195 e. The van der Waals surface area contributed by atoms with Gasteiger partial charge < -0.3 is 18.0 Å². The van der Waals surface area contributed by atoms with Gasteiger partial charge in [-0.25, -0.2) is 15.0 Å². The minimum Gasteiger partial charge on any atom is -0.414 e. The number of ether oxygens (including phenoxy) is 1. The largest absolute Gasteiger partial charge is 0.414 e. The summed E-state index contributed by atoms with van der Waals surface area (Å²) in [6.45, 7) is 34.5. The molecule has 1 saturated heterocycles. The zero-order chi connectivity index (χ0) is 31.9. The van der Waals surface area contributed by atoms with Gasteiger partial charge in [0.15, 0.2) is 41.5 Å². The Morgan fingerprint density at radius 3 is 1.95 bits per heavy atom. The first-order chi connectivity index (χ1) is 18.8. The summed E-state index contributed by atoms with van der Waals surface area (Å²) >= 11 is 6.51. The molecule has 8 nitrogen and oxygen atoms in total. The number of rotatable bonds is 7. The van der Waals surface area contributed by atoms with E-state index in [0.29, 0.717) is 28.7 Å². The van der Waals surface area contributed by atoms with Crippen molar-refractivity contribution in [3.05, 3.63) is 23.4 Å². The van der Waals surface area contributed by atoms with Gasteiger partial charge in [-0.1, -0.05) is 73.9 Å². The highest BCUT2D eigenvalue weighted by atomic mass is 35.5. The minimum atomic E-state index is -2.33. The molecule has 0 amide bonds. The molecular weight excluding hydrogens is 600 g/mol. The van der Waals surface area contributed by atoms with Crippen molar-refractivity contribution in [2.45, 2.75) is 141 Å². The molecule has 2 aliphatic heterocycles. The molecule has 2 aliphatic rings. The van der Waals surface area contributed by atoms with E-state index in [1.54, 1.807) is 0 Å². The molecule has 42 heavy (non-hydrogen) atoms. The van der Waals surface area contributed by atoms with Gasteiger partial charge in [0.25, 0.3) is 0 Å². The Morgan fingerprint density at radius 2 is 1.40 bits per heavy atom. The van der Waals surface area contributed by atoms with Crippen LogP contribution < -0.4 is 0 Å². The molecule has 1 fully saturated rings. The predicted octanol–water partition coefficient (Wildman–Crippen LogP) is 8.36. The first-order valence-electron chi connectivity index (χ1n) is 15.1. The van der Waals surface area contributed by atoms with E-state index in [1.165, 1.54) is 6.33 Å². The van der Waals surface area contributed by atoms with Gasteiger partial charge in [-0.15, -0.1) is 0 Å². The summed E-state index contributed by atoms with van der Waals surface area (Å²) in [5.41, 5.74) is 0.150. The summed E-state index contributed by atoms with van der Waals surface area (Å²) in [4.78, 5) is 13.6. The van der Waals surface area contributed by atoms with E-state index < -0.39 is 36.8 Å². The molecule has 0 radical (unpaired) electrons. The van der Waals surface area contributed by atoms with Gasteiger partial charge in [-0.05, 0) is 66.5 Å². The molecule has 0 aliphatic carbocycles. The normalized spacial score (nSPS) is 25.7. The maximum Gasteiger partial charge on any atom is 0.195 e. The summed E-state index contributed by atoms with van der Waals surface area (Å²) in [7, 11) is -6.69. The van der Waals surface area contributed by atoms with Crippen LogP contribution in [0, 0.1) is 0 Å². The molecule has 2 aromatic heterocycles. The van der Waals surface area contributed by atoms with E-state index in [-0.39, 0.29) is 27.3 Å². The second-order valence-electron chi connectivity index (χ2n) is 16.6. The fourth-order valence-electron chi connectivity index (χ4n) is 4.66. The first-order valence-corrected chi connectivity index (χ1v) is 24.2. The third kappa shape index (κ3) is 5.77. The number of imidazole rings is 1. The molecule has 0 N–H and O–H groups in total. The highest BCUT2D eigenvalue weighted by Crippen LogP contribution is 2.51. The average molecular weight is 653 g/mol. The fraction of sp³-hybridized carbons (Fsp3) is 0.767. The summed E-state index contributed by atoms with van der Waals surface area (Å²) < 4.78 is 30.8. The van der Waals surface area contributed by atoms with E-state index in [2.05, 4.69) is 118 Å². The lowest BCUT2D eigenvalue weighted by atomic mass is 10.0. The zero-order valence-corrected chi connectivity index (χ0v) is 32.2. The van der Waals surface area contributed by atoms with E-state index in [9.17, 15) is 0 Å². The number of nitrogens with zero attached hydrogens (tertiary/aromatic N) is 4. The molecule has 2 aromatic rings. The maximum absolute atomic E-state index is 7.40. The molecule has 4 rings (SSSR count). The monoisotopic (exact) mass is 652 g/mol. The molecule has 0 aromatic carbocycles. The van der Waals surface area contributed by atoms with Gasteiger partial charge >= 0.3 is 0 Å². The van der Waals surface area contributed by atoms with Crippen LogP contribution in [0.1, 0.15) is 68.1 Å². The number of hydrogen-bond acceptors (Lipinski definition) is 7. The number of fused-ring (bicyclic) bond motifs is 4. The lowest BCUT2D eigenvalue weighted by Gasteiger charge is -2.45. The summed E-state index contributed by atoms with van der Waals surface area (Å²) in [6.07, 6.45) is 4.36. The van der Waals surface area contributed by atoms with E-state index in [1.807, 2.05) is 10.6 Å². The summed E-state index contributed by atoms with van der Waals surface area (Å²) in [5, 5.41) is 0.343. The molecule has 1 spiro atoms. The number of hydrogen-bond donors (Lipinski definition) is 0. The Balaban J connectivity index is 1.91. The van der Waals surface area contributed by atoms with Crippen molar-refractivity contribution in [3.8, 4) is 0 Å². The van der Waals surface area contributed by atoms with Crippen LogP contribution in [0.25, 0.3) is 17.2 Å². The van der Waals surface area contributed by atoms with Crippen LogP contribution in [0.15, 0.2) is 12.4 Å². The van der Waals surface area contributed by atoms with E-state index >= 15 is 0 Å². The minimum absolute atomic E-state index is 0.00571. The van der Waals surface area contributed by atoms with Crippen LogP contribution in [0.3, 0.4) is 0 Å². The Morgan fingerprint density at radius 1 is 0.857 bits per heavy atom. The van der Waals surface area contributed by atoms with Crippen LogP contribution in [-0.2, 0) is 23.7 Å². The third-order valence-corrected chi connectivity index (χ3v) is 24.2. The quantitative estimate of drug-likeness (QED) is 0.220. The van der Waals surface area contributed by atoms with Gasteiger partial charge in [-0.3, -0.25) is 4.57 Å². The van der Waals surface area contributed by atoms with Crippen LogP contribution in [0.4, 0.5) is 0 Å². The second kappa shape index (κ2) is 10.6. The molecular formula is C30H53ClN4O4Si3. The van der Waals surface area contributed by atoms with Gasteiger partial charge in [0.2, 0.25) is 0 Å². The Labute approximate surface area is 261 Å². The van der Waals surface area contributed by atoms with Crippen molar-refractivity contribution in [1.82, 2.24) is 19.5 Å². The van der Waals surface area contributed by atoms with Gasteiger partial charge in [-0.2, -0.15) is 0 Å². The molecule has 4 atom stereocenters. The van der Waals surface area contributed by atoms with Crippen LogP contribution in [-0.4, -0.2) is 69.4 Å². The fourth-order valence-corrected chi connectivity index (χ4v) is 8.45. The first kappa shape index (κ1) is 34.0. The van der Waals surface area contributed by atoms with Crippen molar-refractivity contribution in [2.24, 2.45) is 0 Å². The third-order valence-electron chi connectivity index (χ3n) is 10.5. The molecule has 0 unspecified atom stereocenters. The van der Waals surface area contributed by atoms with Crippen LogP contribution >= 0.6 is 11.6 Å². The highest BCUT2D eigenvalue weighted by Gasteiger charge is 2.63. The predicted molar refractivity (Wildman–Crippen MR) is 180 cm³/mol. The van der Waals surface area contributed by atoms with Crippen LogP contribution in [0.5, 0.6) is 0 Å². The Hall–Kier alpha value is -0.929. The topological polar surface area (TPSA) is 80.5 Å². The number of aromatic nitrogens is 4. The Bertz CT molecular complexity index is 1360. The maximum atomic E-state index is 7.40. The van der Waals surface area contributed by atoms with Crippen molar-refractivity contribution < 1.29 is 18.0 Å². The number of halogens is 1. The average Bonchev–Trinajstić information content (AvgIpc) is 3.44. The van der Waals surface area contributed by atoms with Crippen LogP contribution in [0.2, 0.25) is 59.5 Å². The molecule has 236 valence electrons.